The fourth-order valence-electron chi connectivity index (χ4n) is 2.28. The Morgan fingerprint density at radius 3 is 2.78 bits per heavy atom. The third kappa shape index (κ3) is 2.95. The van der Waals surface area contributed by atoms with Crippen molar-refractivity contribution in [2.24, 2.45) is 0 Å². The van der Waals surface area contributed by atoms with E-state index in [9.17, 15) is 20.0 Å². The molecule has 0 saturated heterocycles. The van der Waals surface area contributed by atoms with Gasteiger partial charge in [0.15, 0.2) is 11.5 Å². The summed E-state index contributed by atoms with van der Waals surface area (Å²) in [6, 6.07) is 9.10. The first-order valence-electron chi connectivity index (χ1n) is 6.61. The fraction of sp³-hybridized carbons (Fsp3) is 0.0625. The van der Waals surface area contributed by atoms with Gasteiger partial charge in [-0.2, -0.15) is 0 Å². The lowest BCUT2D eigenvalue weighted by Crippen LogP contribution is -2.19. The van der Waals surface area contributed by atoms with Gasteiger partial charge in [-0.05, 0) is 35.9 Å². The summed E-state index contributed by atoms with van der Waals surface area (Å²) in [5.41, 5.74) is 0.854. The van der Waals surface area contributed by atoms with E-state index in [4.69, 9.17) is 4.74 Å². The largest absolute Gasteiger partial charge is 0.502 e. The Kier molecular flexibility index (Phi) is 3.87. The van der Waals surface area contributed by atoms with Gasteiger partial charge in [0.25, 0.3) is 0 Å². The molecular formula is C16H10BrNO5. The maximum Gasteiger partial charge on any atom is 0.311 e. The van der Waals surface area contributed by atoms with Crippen LogP contribution < -0.4 is 4.74 Å². The third-order valence-electron chi connectivity index (χ3n) is 3.40. The minimum Gasteiger partial charge on any atom is -0.502 e. The van der Waals surface area contributed by atoms with E-state index in [-0.39, 0.29) is 12.4 Å². The van der Waals surface area contributed by atoms with Crippen LogP contribution in [0.1, 0.15) is 15.9 Å². The van der Waals surface area contributed by atoms with Crippen molar-refractivity contribution in [3.05, 3.63) is 67.7 Å². The maximum absolute atomic E-state index is 12.5. The number of halogens is 1. The summed E-state index contributed by atoms with van der Waals surface area (Å²) >= 11 is 3.31. The zero-order valence-corrected chi connectivity index (χ0v) is 13.2. The molecule has 0 spiro atoms. The number of carbonyl (C=O) groups is 1. The van der Waals surface area contributed by atoms with Crippen LogP contribution in [-0.2, 0) is 0 Å². The molecule has 3 rings (SSSR count). The molecule has 0 saturated carbocycles. The molecule has 2 aromatic carbocycles. The zero-order valence-electron chi connectivity index (χ0n) is 11.7. The van der Waals surface area contributed by atoms with Crippen LogP contribution in [0, 0.1) is 10.1 Å². The Labute approximate surface area is 139 Å². The van der Waals surface area contributed by atoms with Crippen LogP contribution >= 0.6 is 15.9 Å². The number of hydrogen-bond acceptors (Lipinski definition) is 5. The van der Waals surface area contributed by atoms with Crippen LogP contribution in [0.2, 0.25) is 0 Å². The van der Waals surface area contributed by atoms with Gasteiger partial charge < -0.3 is 9.84 Å². The average molecular weight is 376 g/mol. The first kappa shape index (κ1) is 15.2. The summed E-state index contributed by atoms with van der Waals surface area (Å²) in [6.45, 7) is 0.0855. The number of ether oxygens (including phenoxy) is 1. The van der Waals surface area contributed by atoms with Gasteiger partial charge in [-0.1, -0.05) is 22.0 Å². The summed E-state index contributed by atoms with van der Waals surface area (Å²) in [4.78, 5) is 22.7. The molecule has 0 radical (unpaired) electrons. The molecule has 0 amide bonds. The third-order valence-corrected chi connectivity index (χ3v) is 3.89. The van der Waals surface area contributed by atoms with Crippen LogP contribution in [0.3, 0.4) is 0 Å². The van der Waals surface area contributed by atoms with E-state index in [0.29, 0.717) is 22.4 Å². The topological polar surface area (TPSA) is 89.7 Å². The maximum atomic E-state index is 12.5. The second-order valence-electron chi connectivity index (χ2n) is 4.93. The Morgan fingerprint density at radius 1 is 1.26 bits per heavy atom. The van der Waals surface area contributed by atoms with Crippen molar-refractivity contribution in [2.45, 2.75) is 0 Å². The number of nitrogens with zero attached hydrogens (tertiary/aromatic N) is 1. The molecule has 23 heavy (non-hydrogen) atoms. The first-order chi connectivity index (χ1) is 11.0. The van der Waals surface area contributed by atoms with E-state index in [0.717, 1.165) is 4.47 Å². The zero-order chi connectivity index (χ0) is 16.6. The predicted molar refractivity (Wildman–Crippen MR) is 86.7 cm³/mol. The van der Waals surface area contributed by atoms with Gasteiger partial charge in [0, 0.05) is 16.1 Å². The molecule has 6 nitrogen and oxygen atoms in total. The van der Waals surface area contributed by atoms with Crippen molar-refractivity contribution in [3.8, 4) is 11.5 Å². The van der Waals surface area contributed by atoms with Crippen LogP contribution in [0.4, 0.5) is 5.69 Å². The van der Waals surface area contributed by atoms with Crippen LogP contribution in [-0.4, -0.2) is 22.4 Å². The second-order valence-corrected chi connectivity index (χ2v) is 5.85. The molecule has 0 atom stereocenters. The van der Waals surface area contributed by atoms with Crippen LogP contribution in [0.5, 0.6) is 11.5 Å². The van der Waals surface area contributed by atoms with Gasteiger partial charge in [0.1, 0.15) is 12.4 Å². The number of phenols is 1. The summed E-state index contributed by atoms with van der Waals surface area (Å²) in [6.07, 6.45) is 1.53. The van der Waals surface area contributed by atoms with Crippen LogP contribution in [0.25, 0.3) is 6.08 Å². The van der Waals surface area contributed by atoms with E-state index in [1.54, 1.807) is 18.2 Å². The normalized spacial score (nSPS) is 15.2. The number of phenolic OH excluding ortho intramolecular Hbond substituents is 1. The molecule has 1 N–H and O–H groups in total. The highest BCUT2D eigenvalue weighted by atomic mass is 79.9. The summed E-state index contributed by atoms with van der Waals surface area (Å²) in [5, 5.41) is 20.3. The minimum absolute atomic E-state index is 0.0855. The monoisotopic (exact) mass is 375 g/mol. The number of rotatable bonds is 2. The lowest BCUT2D eigenvalue weighted by molar-refractivity contribution is -0.385. The lowest BCUT2D eigenvalue weighted by atomic mass is 9.98. The van der Waals surface area contributed by atoms with Crippen molar-refractivity contribution in [1.82, 2.24) is 0 Å². The standard InChI is InChI=1S/C16H10BrNO5/c17-11-2-4-15-12(7-11)16(20)10(8-23-15)5-9-1-3-14(19)13(6-9)18(21)22/h1-7,19H,8H2/b10-5+. The van der Waals surface area contributed by atoms with Gasteiger partial charge in [0.05, 0.1) is 10.5 Å². The number of ketones is 1. The molecule has 1 heterocycles. The Hall–Kier alpha value is -2.67. The van der Waals surface area contributed by atoms with Gasteiger partial charge >= 0.3 is 5.69 Å². The molecular weight excluding hydrogens is 366 g/mol. The number of aromatic hydroxyl groups is 1. The van der Waals surface area contributed by atoms with Crippen molar-refractivity contribution < 1.29 is 19.6 Å². The molecule has 1 aliphatic rings. The summed E-state index contributed by atoms with van der Waals surface area (Å²) in [5.74, 6) is -0.104. The van der Waals surface area contributed by atoms with Crippen molar-refractivity contribution >= 4 is 33.5 Å². The molecule has 1 aliphatic heterocycles. The summed E-state index contributed by atoms with van der Waals surface area (Å²) < 4.78 is 6.30. The smallest absolute Gasteiger partial charge is 0.311 e. The van der Waals surface area contributed by atoms with E-state index < -0.39 is 16.4 Å². The van der Waals surface area contributed by atoms with Crippen LogP contribution in [0.15, 0.2) is 46.4 Å². The molecule has 0 fully saturated rings. The number of fused-ring (bicyclic) bond motifs is 1. The van der Waals surface area contributed by atoms with E-state index in [1.807, 2.05) is 0 Å². The molecule has 0 aromatic heterocycles. The number of benzene rings is 2. The van der Waals surface area contributed by atoms with E-state index in [2.05, 4.69) is 15.9 Å². The molecule has 7 heteroatoms. The van der Waals surface area contributed by atoms with Crippen molar-refractivity contribution in [2.75, 3.05) is 6.61 Å². The van der Waals surface area contributed by atoms with Gasteiger partial charge in [-0.3, -0.25) is 14.9 Å². The van der Waals surface area contributed by atoms with Gasteiger partial charge in [-0.25, -0.2) is 0 Å². The highest BCUT2D eigenvalue weighted by molar-refractivity contribution is 9.10. The number of hydrogen-bond donors (Lipinski definition) is 1. The van der Waals surface area contributed by atoms with Crippen molar-refractivity contribution in [1.29, 1.82) is 0 Å². The Bertz CT molecular complexity index is 860. The quantitative estimate of drug-likeness (QED) is 0.490. The van der Waals surface area contributed by atoms with Crippen molar-refractivity contribution in [3.63, 3.8) is 0 Å². The highest BCUT2D eigenvalue weighted by Gasteiger charge is 2.24. The highest BCUT2D eigenvalue weighted by Crippen LogP contribution is 2.32. The second kappa shape index (κ2) is 5.85. The molecule has 0 bridgehead atoms. The number of nitro benzene ring substituents is 1. The number of nitro groups is 1. The molecule has 2 aromatic rings. The molecule has 0 aliphatic carbocycles. The van der Waals surface area contributed by atoms with Gasteiger partial charge in [-0.15, -0.1) is 0 Å². The lowest BCUT2D eigenvalue weighted by Gasteiger charge is -2.19. The minimum atomic E-state index is -0.678. The van der Waals surface area contributed by atoms with E-state index in [1.165, 1.54) is 24.3 Å². The average Bonchev–Trinajstić information content (AvgIpc) is 2.52. The molecule has 0 unspecified atom stereocenters. The predicted octanol–water partition coefficient (Wildman–Crippen LogP) is 3.72. The Morgan fingerprint density at radius 2 is 2.04 bits per heavy atom. The number of carbonyl (C=O) groups excluding carboxylic acids is 1. The Balaban J connectivity index is 2.00. The summed E-state index contributed by atoms with van der Waals surface area (Å²) in [7, 11) is 0. The fourth-order valence-corrected chi connectivity index (χ4v) is 2.65. The number of Topliss-reactive ketones (excluding diaryl/α,β-unsaturated/α-hetero) is 1. The molecule has 116 valence electrons. The first-order valence-corrected chi connectivity index (χ1v) is 7.40. The SMILES string of the molecule is O=C1/C(=C/c2ccc(O)c([N+](=O)[O-])c2)COc2ccc(Br)cc21. The van der Waals surface area contributed by atoms with E-state index >= 15 is 0 Å². The van der Waals surface area contributed by atoms with Gasteiger partial charge in [0.2, 0.25) is 0 Å².